The summed E-state index contributed by atoms with van der Waals surface area (Å²) >= 11 is 0. The standard InChI is InChI=1S/C13H17N3O2/c1-3-18-13(17)14-8-9-16-10(2)15-11-6-4-5-7-12(11)16/h4-7H,3,8-9H2,1-2H3,(H,14,17). The highest BCUT2D eigenvalue weighted by Crippen LogP contribution is 2.14. The number of alkyl carbamates (subject to hydrolysis) is 1. The number of aromatic nitrogens is 2. The van der Waals surface area contributed by atoms with Gasteiger partial charge in [0, 0.05) is 13.1 Å². The molecule has 0 spiro atoms. The highest BCUT2D eigenvalue weighted by atomic mass is 16.5. The van der Waals surface area contributed by atoms with Crippen molar-refractivity contribution in [3.05, 3.63) is 30.1 Å². The third-order valence-corrected chi connectivity index (χ3v) is 2.73. The summed E-state index contributed by atoms with van der Waals surface area (Å²) in [5, 5.41) is 2.70. The summed E-state index contributed by atoms with van der Waals surface area (Å²) in [7, 11) is 0. The molecule has 1 aromatic carbocycles. The van der Waals surface area contributed by atoms with Gasteiger partial charge in [-0.3, -0.25) is 0 Å². The first kappa shape index (κ1) is 12.4. The van der Waals surface area contributed by atoms with Crippen LogP contribution in [0.2, 0.25) is 0 Å². The Balaban J connectivity index is 2.03. The minimum absolute atomic E-state index is 0.375. The van der Waals surface area contributed by atoms with E-state index in [1.807, 2.05) is 31.2 Å². The molecule has 0 fully saturated rings. The van der Waals surface area contributed by atoms with Gasteiger partial charge in [-0.2, -0.15) is 0 Å². The Morgan fingerprint density at radius 1 is 1.44 bits per heavy atom. The van der Waals surface area contributed by atoms with Gasteiger partial charge in [0.1, 0.15) is 5.82 Å². The van der Waals surface area contributed by atoms with E-state index in [0.717, 1.165) is 16.9 Å². The molecule has 0 saturated carbocycles. The Bertz CT molecular complexity index is 548. The molecule has 96 valence electrons. The molecule has 0 aliphatic carbocycles. The fourth-order valence-electron chi connectivity index (χ4n) is 1.93. The Labute approximate surface area is 106 Å². The van der Waals surface area contributed by atoms with Crippen LogP contribution in [0.3, 0.4) is 0 Å². The number of ether oxygens (including phenoxy) is 1. The molecule has 2 aromatic rings. The van der Waals surface area contributed by atoms with Gasteiger partial charge in [0.2, 0.25) is 0 Å². The molecule has 0 bridgehead atoms. The van der Waals surface area contributed by atoms with Crippen molar-refractivity contribution in [3.63, 3.8) is 0 Å². The minimum Gasteiger partial charge on any atom is -0.450 e. The van der Waals surface area contributed by atoms with E-state index in [0.29, 0.717) is 19.7 Å². The number of nitrogens with one attached hydrogen (secondary N) is 1. The van der Waals surface area contributed by atoms with Gasteiger partial charge in [0.05, 0.1) is 17.6 Å². The highest BCUT2D eigenvalue weighted by Gasteiger charge is 2.06. The minimum atomic E-state index is -0.375. The summed E-state index contributed by atoms with van der Waals surface area (Å²) in [6.07, 6.45) is -0.375. The van der Waals surface area contributed by atoms with Crippen LogP contribution in [0.5, 0.6) is 0 Å². The molecule has 0 saturated heterocycles. The number of rotatable bonds is 4. The zero-order valence-corrected chi connectivity index (χ0v) is 10.6. The van der Waals surface area contributed by atoms with Crippen molar-refractivity contribution in [2.75, 3.05) is 13.2 Å². The summed E-state index contributed by atoms with van der Waals surface area (Å²) in [6.45, 7) is 5.35. The van der Waals surface area contributed by atoms with Crippen molar-refractivity contribution >= 4 is 17.1 Å². The highest BCUT2D eigenvalue weighted by molar-refractivity contribution is 5.75. The number of para-hydroxylation sites is 2. The second-order valence-corrected chi connectivity index (χ2v) is 3.95. The zero-order valence-electron chi connectivity index (χ0n) is 10.6. The molecule has 1 aromatic heterocycles. The first-order valence-electron chi connectivity index (χ1n) is 6.05. The van der Waals surface area contributed by atoms with E-state index >= 15 is 0 Å². The van der Waals surface area contributed by atoms with Gasteiger partial charge in [0.25, 0.3) is 0 Å². The smallest absolute Gasteiger partial charge is 0.407 e. The van der Waals surface area contributed by atoms with Gasteiger partial charge in [-0.25, -0.2) is 9.78 Å². The molecule has 0 aliphatic rings. The van der Waals surface area contributed by atoms with Crippen LogP contribution in [0.25, 0.3) is 11.0 Å². The lowest BCUT2D eigenvalue weighted by Crippen LogP contribution is -2.28. The number of aryl methyl sites for hydroxylation is 1. The molecule has 0 atom stereocenters. The number of fused-ring (bicyclic) bond motifs is 1. The van der Waals surface area contributed by atoms with Gasteiger partial charge in [-0.15, -0.1) is 0 Å². The fraction of sp³-hybridized carbons (Fsp3) is 0.385. The quantitative estimate of drug-likeness (QED) is 0.900. The molecular weight excluding hydrogens is 230 g/mol. The first-order chi connectivity index (χ1) is 8.72. The van der Waals surface area contributed by atoms with Crippen LogP contribution in [0.4, 0.5) is 4.79 Å². The average Bonchev–Trinajstić information content (AvgIpc) is 2.66. The number of benzene rings is 1. The number of carbonyl (C=O) groups is 1. The molecule has 1 heterocycles. The molecule has 2 rings (SSSR count). The van der Waals surface area contributed by atoms with E-state index < -0.39 is 0 Å². The SMILES string of the molecule is CCOC(=O)NCCn1c(C)nc2ccccc21. The number of amides is 1. The third-order valence-electron chi connectivity index (χ3n) is 2.73. The largest absolute Gasteiger partial charge is 0.450 e. The summed E-state index contributed by atoms with van der Waals surface area (Å²) in [5.74, 6) is 0.946. The normalized spacial score (nSPS) is 10.6. The van der Waals surface area contributed by atoms with Crippen molar-refractivity contribution in [2.45, 2.75) is 20.4 Å². The molecular formula is C13H17N3O2. The van der Waals surface area contributed by atoms with Crippen LogP contribution in [0, 0.1) is 6.92 Å². The topological polar surface area (TPSA) is 56.1 Å². The molecule has 0 aliphatic heterocycles. The number of imidazole rings is 1. The maximum Gasteiger partial charge on any atom is 0.407 e. The van der Waals surface area contributed by atoms with E-state index in [1.54, 1.807) is 6.92 Å². The first-order valence-corrected chi connectivity index (χ1v) is 6.05. The van der Waals surface area contributed by atoms with Gasteiger partial charge >= 0.3 is 6.09 Å². The predicted octanol–water partition coefficient (Wildman–Crippen LogP) is 2.09. The van der Waals surface area contributed by atoms with Crippen molar-refractivity contribution in [2.24, 2.45) is 0 Å². The lowest BCUT2D eigenvalue weighted by molar-refractivity contribution is 0.152. The summed E-state index contributed by atoms with van der Waals surface area (Å²) in [6, 6.07) is 7.96. The number of nitrogens with zero attached hydrogens (tertiary/aromatic N) is 2. The third kappa shape index (κ3) is 2.61. The Morgan fingerprint density at radius 3 is 3.00 bits per heavy atom. The predicted molar refractivity (Wildman–Crippen MR) is 69.5 cm³/mol. The van der Waals surface area contributed by atoms with Crippen LogP contribution < -0.4 is 5.32 Å². The molecule has 5 nitrogen and oxygen atoms in total. The van der Waals surface area contributed by atoms with Gasteiger partial charge < -0.3 is 14.6 Å². The van der Waals surface area contributed by atoms with Gasteiger partial charge in [0.15, 0.2) is 0 Å². The summed E-state index contributed by atoms with van der Waals surface area (Å²) in [4.78, 5) is 15.6. The van der Waals surface area contributed by atoms with E-state index in [2.05, 4.69) is 14.9 Å². The maximum atomic E-state index is 11.2. The van der Waals surface area contributed by atoms with E-state index in [1.165, 1.54) is 0 Å². The van der Waals surface area contributed by atoms with Crippen LogP contribution in [-0.4, -0.2) is 28.8 Å². The lowest BCUT2D eigenvalue weighted by atomic mass is 10.3. The fourth-order valence-corrected chi connectivity index (χ4v) is 1.93. The zero-order chi connectivity index (χ0) is 13.0. The Morgan fingerprint density at radius 2 is 2.22 bits per heavy atom. The van der Waals surface area contributed by atoms with Crippen molar-refractivity contribution in [1.82, 2.24) is 14.9 Å². The van der Waals surface area contributed by atoms with Crippen LogP contribution in [-0.2, 0) is 11.3 Å². The second-order valence-electron chi connectivity index (χ2n) is 3.95. The summed E-state index contributed by atoms with van der Waals surface area (Å²) < 4.78 is 6.89. The number of hydrogen-bond acceptors (Lipinski definition) is 3. The molecule has 1 N–H and O–H groups in total. The number of hydrogen-bond donors (Lipinski definition) is 1. The second kappa shape index (κ2) is 5.53. The Hall–Kier alpha value is -2.04. The van der Waals surface area contributed by atoms with Gasteiger partial charge in [-0.1, -0.05) is 12.1 Å². The molecule has 5 heteroatoms. The van der Waals surface area contributed by atoms with Crippen LogP contribution in [0.1, 0.15) is 12.7 Å². The molecule has 18 heavy (non-hydrogen) atoms. The summed E-state index contributed by atoms with van der Waals surface area (Å²) in [5.41, 5.74) is 2.06. The lowest BCUT2D eigenvalue weighted by Gasteiger charge is -2.08. The Kier molecular flexibility index (Phi) is 3.82. The van der Waals surface area contributed by atoms with Crippen molar-refractivity contribution in [1.29, 1.82) is 0 Å². The monoisotopic (exact) mass is 247 g/mol. The molecule has 0 unspecified atom stereocenters. The average molecular weight is 247 g/mol. The van der Waals surface area contributed by atoms with Crippen molar-refractivity contribution in [3.8, 4) is 0 Å². The van der Waals surface area contributed by atoms with Crippen LogP contribution >= 0.6 is 0 Å². The van der Waals surface area contributed by atoms with E-state index in [-0.39, 0.29) is 6.09 Å². The van der Waals surface area contributed by atoms with Gasteiger partial charge in [-0.05, 0) is 26.0 Å². The maximum absolute atomic E-state index is 11.2. The number of carbonyl (C=O) groups excluding carboxylic acids is 1. The van der Waals surface area contributed by atoms with Crippen LogP contribution in [0.15, 0.2) is 24.3 Å². The van der Waals surface area contributed by atoms with E-state index in [9.17, 15) is 4.79 Å². The van der Waals surface area contributed by atoms with Crippen molar-refractivity contribution < 1.29 is 9.53 Å². The van der Waals surface area contributed by atoms with E-state index in [4.69, 9.17) is 4.74 Å². The molecule has 0 radical (unpaired) electrons. The molecule has 1 amide bonds.